The first-order chi connectivity index (χ1) is 9.13. The summed E-state index contributed by atoms with van der Waals surface area (Å²) in [5.74, 6) is 0.610. The van der Waals surface area contributed by atoms with Gasteiger partial charge in [-0.3, -0.25) is 9.20 Å². The molecule has 0 N–H and O–H groups in total. The maximum absolute atomic E-state index is 12.1. The maximum atomic E-state index is 12.1. The SMILES string of the molecule is O=Cc1cccn2c(C3CCCCS3(=O)=O)nnc12. The van der Waals surface area contributed by atoms with E-state index in [0.29, 0.717) is 36.2 Å². The number of rotatable bonds is 2. The molecule has 0 aromatic carbocycles. The first-order valence-electron chi connectivity index (χ1n) is 6.14. The highest BCUT2D eigenvalue weighted by Crippen LogP contribution is 2.32. The monoisotopic (exact) mass is 279 g/mol. The third-order valence-electron chi connectivity index (χ3n) is 3.48. The van der Waals surface area contributed by atoms with Crippen molar-refractivity contribution in [2.24, 2.45) is 0 Å². The van der Waals surface area contributed by atoms with E-state index in [0.717, 1.165) is 6.42 Å². The van der Waals surface area contributed by atoms with Gasteiger partial charge in [-0.2, -0.15) is 0 Å². The largest absolute Gasteiger partial charge is 0.298 e. The van der Waals surface area contributed by atoms with Gasteiger partial charge in [-0.1, -0.05) is 6.42 Å². The van der Waals surface area contributed by atoms with Gasteiger partial charge in [0.1, 0.15) is 5.25 Å². The molecule has 7 heteroatoms. The van der Waals surface area contributed by atoms with Crippen LogP contribution in [-0.4, -0.2) is 35.1 Å². The van der Waals surface area contributed by atoms with Gasteiger partial charge in [-0.25, -0.2) is 8.42 Å². The minimum atomic E-state index is -3.17. The molecule has 1 aliphatic heterocycles. The first kappa shape index (κ1) is 12.3. The topological polar surface area (TPSA) is 81.4 Å². The van der Waals surface area contributed by atoms with Crippen LogP contribution in [0.5, 0.6) is 0 Å². The zero-order chi connectivity index (χ0) is 13.5. The fourth-order valence-corrected chi connectivity index (χ4v) is 4.41. The number of nitrogens with zero attached hydrogens (tertiary/aromatic N) is 3. The van der Waals surface area contributed by atoms with Gasteiger partial charge in [-0.15, -0.1) is 10.2 Å². The molecule has 0 radical (unpaired) electrons. The van der Waals surface area contributed by atoms with Crippen molar-refractivity contribution in [1.29, 1.82) is 0 Å². The Morgan fingerprint density at radius 2 is 2.16 bits per heavy atom. The number of carbonyl (C=O) groups is 1. The maximum Gasteiger partial charge on any atom is 0.171 e. The van der Waals surface area contributed by atoms with E-state index in [9.17, 15) is 13.2 Å². The lowest BCUT2D eigenvalue weighted by molar-refractivity contribution is 0.112. The highest BCUT2D eigenvalue weighted by atomic mass is 32.2. The van der Waals surface area contributed by atoms with Gasteiger partial charge in [-0.05, 0) is 25.0 Å². The van der Waals surface area contributed by atoms with Gasteiger partial charge in [0.25, 0.3) is 0 Å². The molecule has 1 saturated heterocycles. The number of hydrogen-bond acceptors (Lipinski definition) is 5. The minimum absolute atomic E-state index is 0.194. The van der Waals surface area contributed by atoms with Crippen molar-refractivity contribution in [2.75, 3.05) is 5.75 Å². The average molecular weight is 279 g/mol. The molecular formula is C12H13N3O3S. The fourth-order valence-electron chi connectivity index (χ4n) is 2.51. The molecule has 2 aromatic heterocycles. The normalized spacial score (nSPS) is 22.4. The second kappa shape index (κ2) is 4.41. The number of fused-ring (bicyclic) bond motifs is 1. The van der Waals surface area contributed by atoms with E-state index in [1.165, 1.54) is 0 Å². The standard InChI is InChI=1S/C12H13N3O3S/c16-8-9-4-3-6-15-11(9)13-14-12(15)10-5-1-2-7-19(10,17)18/h3-4,6,8,10H,1-2,5,7H2. The van der Waals surface area contributed by atoms with E-state index in [2.05, 4.69) is 10.2 Å². The Morgan fingerprint density at radius 3 is 2.89 bits per heavy atom. The Bertz CT molecular complexity index is 736. The van der Waals surface area contributed by atoms with Crippen molar-refractivity contribution in [1.82, 2.24) is 14.6 Å². The van der Waals surface area contributed by atoms with Crippen LogP contribution in [0.3, 0.4) is 0 Å². The van der Waals surface area contributed by atoms with Gasteiger partial charge in [0, 0.05) is 6.20 Å². The average Bonchev–Trinajstić information content (AvgIpc) is 2.82. The van der Waals surface area contributed by atoms with E-state index in [4.69, 9.17) is 0 Å². The Balaban J connectivity index is 2.18. The quantitative estimate of drug-likeness (QED) is 0.771. The van der Waals surface area contributed by atoms with Crippen LogP contribution in [0, 0.1) is 0 Å². The van der Waals surface area contributed by atoms with Crippen LogP contribution in [-0.2, 0) is 9.84 Å². The molecule has 1 aliphatic rings. The highest BCUT2D eigenvalue weighted by molar-refractivity contribution is 7.91. The van der Waals surface area contributed by atoms with Crippen LogP contribution in [0.4, 0.5) is 0 Å². The van der Waals surface area contributed by atoms with Gasteiger partial charge in [0.15, 0.2) is 27.6 Å². The fraction of sp³-hybridized carbons (Fsp3) is 0.417. The molecule has 19 heavy (non-hydrogen) atoms. The number of aldehydes is 1. The van der Waals surface area contributed by atoms with Crippen molar-refractivity contribution >= 4 is 21.8 Å². The van der Waals surface area contributed by atoms with E-state index in [-0.39, 0.29) is 5.75 Å². The number of pyridine rings is 1. The third kappa shape index (κ3) is 1.94. The molecule has 3 rings (SSSR count). The van der Waals surface area contributed by atoms with Gasteiger partial charge < -0.3 is 0 Å². The molecular weight excluding hydrogens is 266 g/mol. The molecule has 0 bridgehead atoms. The molecule has 100 valence electrons. The van der Waals surface area contributed by atoms with Crippen molar-refractivity contribution in [3.63, 3.8) is 0 Å². The van der Waals surface area contributed by atoms with Crippen molar-refractivity contribution in [3.05, 3.63) is 29.7 Å². The van der Waals surface area contributed by atoms with E-state index in [1.54, 1.807) is 22.7 Å². The summed E-state index contributed by atoms with van der Waals surface area (Å²) in [4.78, 5) is 10.9. The second-order valence-corrected chi connectivity index (χ2v) is 6.99. The predicted molar refractivity (Wildman–Crippen MR) is 68.8 cm³/mol. The summed E-state index contributed by atoms with van der Waals surface area (Å²) >= 11 is 0. The summed E-state index contributed by atoms with van der Waals surface area (Å²) in [6, 6.07) is 3.33. The Morgan fingerprint density at radius 1 is 1.32 bits per heavy atom. The predicted octanol–water partition coefficient (Wildman–Crippen LogP) is 1.18. The lowest BCUT2D eigenvalue weighted by atomic mass is 10.2. The van der Waals surface area contributed by atoms with Crippen molar-refractivity contribution < 1.29 is 13.2 Å². The summed E-state index contributed by atoms with van der Waals surface area (Å²) in [6.45, 7) is 0. The summed E-state index contributed by atoms with van der Waals surface area (Å²) in [6.07, 6.45) is 4.53. The second-order valence-electron chi connectivity index (χ2n) is 4.68. The number of hydrogen-bond donors (Lipinski definition) is 0. The molecule has 0 saturated carbocycles. The van der Waals surface area contributed by atoms with E-state index < -0.39 is 15.1 Å². The highest BCUT2D eigenvalue weighted by Gasteiger charge is 2.33. The molecule has 1 atom stereocenters. The van der Waals surface area contributed by atoms with Crippen LogP contribution in [0.25, 0.3) is 5.65 Å². The summed E-state index contributed by atoms with van der Waals surface area (Å²) in [5.41, 5.74) is 0.822. The van der Waals surface area contributed by atoms with Gasteiger partial charge >= 0.3 is 0 Å². The van der Waals surface area contributed by atoms with Crippen molar-refractivity contribution in [3.8, 4) is 0 Å². The smallest absolute Gasteiger partial charge is 0.171 e. The van der Waals surface area contributed by atoms with Gasteiger partial charge in [0.2, 0.25) is 0 Å². The number of aromatic nitrogens is 3. The lowest BCUT2D eigenvalue weighted by Crippen LogP contribution is -2.23. The molecule has 0 amide bonds. The zero-order valence-corrected chi connectivity index (χ0v) is 11.0. The zero-order valence-electron chi connectivity index (χ0n) is 10.2. The molecule has 6 nitrogen and oxygen atoms in total. The number of carbonyl (C=O) groups excluding carboxylic acids is 1. The van der Waals surface area contributed by atoms with Gasteiger partial charge in [0.05, 0.1) is 11.3 Å². The summed E-state index contributed by atoms with van der Waals surface area (Å²) in [5, 5.41) is 7.33. The first-order valence-corrected chi connectivity index (χ1v) is 7.85. The Hall–Kier alpha value is -1.76. The molecule has 0 spiro atoms. The number of sulfone groups is 1. The van der Waals surface area contributed by atoms with E-state index >= 15 is 0 Å². The molecule has 3 heterocycles. The van der Waals surface area contributed by atoms with Crippen LogP contribution in [0.15, 0.2) is 18.3 Å². The Labute approximate surface area is 110 Å². The molecule has 0 aliphatic carbocycles. The molecule has 1 unspecified atom stereocenters. The minimum Gasteiger partial charge on any atom is -0.298 e. The van der Waals surface area contributed by atoms with Crippen molar-refractivity contribution in [2.45, 2.75) is 24.5 Å². The summed E-state index contributed by atoms with van der Waals surface area (Å²) < 4.78 is 25.9. The summed E-state index contributed by atoms with van der Waals surface area (Å²) in [7, 11) is -3.17. The van der Waals surface area contributed by atoms with Crippen LogP contribution >= 0.6 is 0 Å². The van der Waals surface area contributed by atoms with Crippen LogP contribution < -0.4 is 0 Å². The van der Waals surface area contributed by atoms with Crippen LogP contribution in [0.2, 0.25) is 0 Å². The van der Waals surface area contributed by atoms with E-state index in [1.807, 2.05) is 0 Å². The lowest BCUT2D eigenvalue weighted by Gasteiger charge is -2.20. The van der Waals surface area contributed by atoms with Crippen LogP contribution in [0.1, 0.15) is 40.7 Å². The molecule has 1 fully saturated rings. The third-order valence-corrected chi connectivity index (χ3v) is 5.66. The molecule has 2 aromatic rings. The Kier molecular flexibility index (Phi) is 2.85.